The predicted molar refractivity (Wildman–Crippen MR) is 122 cm³/mol. The highest BCUT2D eigenvalue weighted by Gasteiger charge is 2.22. The largest absolute Gasteiger partial charge is 0.497 e. The Labute approximate surface area is 191 Å². The van der Waals surface area contributed by atoms with E-state index in [1.165, 1.54) is 17.0 Å². The molecule has 2 N–H and O–H groups in total. The third-order valence-corrected chi connectivity index (χ3v) is 4.74. The summed E-state index contributed by atoms with van der Waals surface area (Å²) in [6.45, 7) is 3.79. The molecule has 0 aliphatic rings. The van der Waals surface area contributed by atoms with Crippen molar-refractivity contribution in [3.63, 3.8) is 0 Å². The Morgan fingerprint density at radius 2 is 1.71 bits per heavy atom. The number of carbonyl (C=O) groups excluding carboxylic acids is 3. The Hall–Kier alpha value is -2.77. The molecule has 0 aliphatic carbocycles. The first-order valence-corrected chi connectivity index (χ1v) is 10.4. The van der Waals surface area contributed by atoms with Crippen molar-refractivity contribution >= 4 is 46.6 Å². The zero-order chi connectivity index (χ0) is 23.0. The van der Waals surface area contributed by atoms with E-state index in [2.05, 4.69) is 10.6 Å². The smallest absolute Gasteiger partial charge is 0.255 e. The molecule has 0 saturated carbocycles. The first kappa shape index (κ1) is 24.5. The third-order valence-electron chi connectivity index (χ3n) is 4.19. The highest BCUT2D eigenvalue weighted by atomic mass is 35.5. The predicted octanol–water partition coefficient (Wildman–Crippen LogP) is 3.86. The van der Waals surface area contributed by atoms with Crippen molar-refractivity contribution in [1.29, 1.82) is 0 Å². The molecular weight excluding hydrogens is 441 g/mol. The Bertz CT molecular complexity index is 933. The lowest BCUT2D eigenvalue weighted by Gasteiger charge is -2.24. The lowest BCUT2D eigenvalue weighted by Crippen LogP contribution is -2.44. The van der Waals surface area contributed by atoms with Crippen LogP contribution in [0.5, 0.6) is 5.75 Å². The molecule has 0 fully saturated rings. The molecule has 0 spiro atoms. The van der Waals surface area contributed by atoms with Crippen LogP contribution in [0.15, 0.2) is 42.5 Å². The van der Waals surface area contributed by atoms with Crippen LogP contribution in [0.1, 0.15) is 24.2 Å². The molecule has 2 aromatic carbocycles. The summed E-state index contributed by atoms with van der Waals surface area (Å²) >= 11 is 12.0. The maximum Gasteiger partial charge on any atom is 0.255 e. The van der Waals surface area contributed by atoms with Crippen LogP contribution in [0.3, 0.4) is 0 Å². The molecule has 0 bridgehead atoms. The van der Waals surface area contributed by atoms with Gasteiger partial charge in [-0.05, 0) is 48.4 Å². The minimum absolute atomic E-state index is 0.126. The third kappa shape index (κ3) is 7.77. The highest BCUT2D eigenvalue weighted by molar-refractivity contribution is 6.36. The second kappa shape index (κ2) is 11.6. The van der Waals surface area contributed by atoms with Gasteiger partial charge in [0.1, 0.15) is 5.75 Å². The van der Waals surface area contributed by atoms with Crippen molar-refractivity contribution in [2.75, 3.05) is 32.1 Å². The maximum atomic E-state index is 12.9. The van der Waals surface area contributed by atoms with Crippen molar-refractivity contribution in [2.45, 2.75) is 13.8 Å². The van der Waals surface area contributed by atoms with Crippen LogP contribution in [-0.4, -0.2) is 49.4 Å². The van der Waals surface area contributed by atoms with Gasteiger partial charge >= 0.3 is 0 Å². The average Bonchev–Trinajstić information content (AvgIpc) is 2.71. The summed E-state index contributed by atoms with van der Waals surface area (Å²) in [7, 11) is 1.55. The van der Waals surface area contributed by atoms with Gasteiger partial charge in [-0.3, -0.25) is 14.4 Å². The summed E-state index contributed by atoms with van der Waals surface area (Å²) in [5.74, 6) is -0.429. The van der Waals surface area contributed by atoms with Gasteiger partial charge in [-0.15, -0.1) is 0 Å². The van der Waals surface area contributed by atoms with Crippen molar-refractivity contribution in [3.8, 4) is 5.75 Å². The van der Waals surface area contributed by atoms with Gasteiger partial charge in [0, 0.05) is 17.3 Å². The lowest BCUT2D eigenvalue weighted by molar-refractivity contribution is -0.124. The summed E-state index contributed by atoms with van der Waals surface area (Å²) in [5, 5.41) is 5.84. The van der Waals surface area contributed by atoms with E-state index in [1.54, 1.807) is 37.4 Å². The molecule has 0 aromatic heterocycles. The molecular formula is C22H25Cl2N3O4. The molecule has 2 aromatic rings. The first-order valence-electron chi connectivity index (χ1n) is 9.64. The number of hydrogen-bond donors (Lipinski definition) is 2. The van der Waals surface area contributed by atoms with Crippen LogP contribution in [0, 0.1) is 5.92 Å². The molecule has 2 rings (SSSR count). The average molecular weight is 466 g/mol. The Morgan fingerprint density at radius 1 is 1.03 bits per heavy atom. The molecule has 0 atom stereocenters. The van der Waals surface area contributed by atoms with Crippen molar-refractivity contribution in [3.05, 3.63) is 58.1 Å². The van der Waals surface area contributed by atoms with Crippen LogP contribution < -0.4 is 15.4 Å². The van der Waals surface area contributed by atoms with Gasteiger partial charge in [0.15, 0.2) is 0 Å². The number of nitrogens with one attached hydrogen (secondary N) is 2. The first-order chi connectivity index (χ1) is 14.7. The normalized spacial score (nSPS) is 10.5. The van der Waals surface area contributed by atoms with Crippen LogP contribution in [0.2, 0.25) is 10.0 Å². The number of amides is 3. The van der Waals surface area contributed by atoms with E-state index >= 15 is 0 Å². The number of ether oxygens (including phenoxy) is 1. The number of methoxy groups -OCH3 is 1. The summed E-state index contributed by atoms with van der Waals surface area (Å²) in [4.78, 5) is 38.8. The quantitative estimate of drug-likeness (QED) is 0.588. The molecule has 0 radical (unpaired) electrons. The van der Waals surface area contributed by atoms with Gasteiger partial charge in [0.2, 0.25) is 11.8 Å². The fraction of sp³-hybridized carbons (Fsp3) is 0.318. The Morgan fingerprint density at radius 3 is 2.29 bits per heavy atom. The van der Waals surface area contributed by atoms with Gasteiger partial charge in [0.25, 0.3) is 5.91 Å². The van der Waals surface area contributed by atoms with Gasteiger partial charge < -0.3 is 20.3 Å². The Balaban J connectivity index is 1.95. The molecule has 0 unspecified atom stereocenters. The van der Waals surface area contributed by atoms with Crippen LogP contribution >= 0.6 is 23.2 Å². The molecule has 166 valence electrons. The minimum Gasteiger partial charge on any atom is -0.497 e. The fourth-order valence-electron chi connectivity index (χ4n) is 2.78. The standard InChI is InChI=1S/C22H25Cl2N3O4/c1-14(2)12-27(22(30)18-9-4-15(23)10-19(18)24)13-21(29)25-11-20(28)26-16-5-7-17(31-3)8-6-16/h4-10,14H,11-13H2,1-3H3,(H,25,29)(H,26,28). The van der Waals surface area contributed by atoms with Gasteiger partial charge in [-0.1, -0.05) is 37.0 Å². The zero-order valence-corrected chi connectivity index (χ0v) is 19.1. The van der Waals surface area contributed by atoms with Gasteiger partial charge in [-0.25, -0.2) is 0 Å². The van der Waals surface area contributed by atoms with Crippen molar-refractivity contribution in [2.24, 2.45) is 5.92 Å². The van der Waals surface area contributed by atoms with E-state index in [1.807, 2.05) is 13.8 Å². The number of benzene rings is 2. The second-order valence-electron chi connectivity index (χ2n) is 7.26. The van der Waals surface area contributed by atoms with E-state index in [-0.39, 0.29) is 41.4 Å². The van der Waals surface area contributed by atoms with Crippen LogP contribution in [0.4, 0.5) is 5.69 Å². The number of rotatable bonds is 9. The zero-order valence-electron chi connectivity index (χ0n) is 17.6. The monoisotopic (exact) mass is 465 g/mol. The second-order valence-corrected chi connectivity index (χ2v) is 8.10. The lowest BCUT2D eigenvalue weighted by atomic mass is 10.1. The number of hydrogen-bond acceptors (Lipinski definition) is 4. The Kier molecular flexibility index (Phi) is 9.15. The van der Waals surface area contributed by atoms with Crippen LogP contribution in [-0.2, 0) is 9.59 Å². The van der Waals surface area contributed by atoms with E-state index in [0.29, 0.717) is 23.0 Å². The van der Waals surface area contributed by atoms with E-state index in [4.69, 9.17) is 27.9 Å². The maximum absolute atomic E-state index is 12.9. The van der Waals surface area contributed by atoms with Gasteiger partial charge in [0.05, 0.1) is 30.8 Å². The molecule has 7 nitrogen and oxygen atoms in total. The number of halogens is 2. The number of nitrogens with zero attached hydrogens (tertiary/aromatic N) is 1. The molecule has 0 heterocycles. The molecule has 0 saturated heterocycles. The minimum atomic E-state index is -0.455. The van der Waals surface area contributed by atoms with Gasteiger partial charge in [-0.2, -0.15) is 0 Å². The highest BCUT2D eigenvalue weighted by Crippen LogP contribution is 2.22. The summed E-state index contributed by atoms with van der Waals surface area (Å²) in [6, 6.07) is 11.4. The van der Waals surface area contributed by atoms with Crippen molar-refractivity contribution < 1.29 is 19.1 Å². The topological polar surface area (TPSA) is 87.7 Å². The van der Waals surface area contributed by atoms with E-state index in [9.17, 15) is 14.4 Å². The molecule has 31 heavy (non-hydrogen) atoms. The molecule has 9 heteroatoms. The molecule has 0 aliphatic heterocycles. The van der Waals surface area contributed by atoms with E-state index in [0.717, 1.165) is 0 Å². The summed E-state index contributed by atoms with van der Waals surface area (Å²) in [5.41, 5.74) is 0.839. The van der Waals surface area contributed by atoms with Crippen molar-refractivity contribution in [1.82, 2.24) is 10.2 Å². The SMILES string of the molecule is COc1ccc(NC(=O)CNC(=O)CN(CC(C)C)C(=O)c2ccc(Cl)cc2Cl)cc1. The van der Waals surface area contributed by atoms with E-state index < -0.39 is 5.91 Å². The summed E-state index contributed by atoms with van der Waals surface area (Å²) in [6.07, 6.45) is 0. The summed E-state index contributed by atoms with van der Waals surface area (Å²) < 4.78 is 5.07. The number of anilines is 1. The van der Waals surface area contributed by atoms with Crippen LogP contribution in [0.25, 0.3) is 0 Å². The number of carbonyl (C=O) groups is 3. The fourth-order valence-corrected chi connectivity index (χ4v) is 3.27. The molecule has 3 amide bonds.